The number of amides is 1. The van der Waals surface area contributed by atoms with Crippen molar-refractivity contribution in [1.82, 2.24) is 5.32 Å². The Morgan fingerprint density at radius 2 is 1.67 bits per heavy atom. The van der Waals surface area contributed by atoms with E-state index >= 15 is 0 Å². The topological polar surface area (TPSA) is 88.4 Å². The average molecular weight is 440 g/mol. The van der Waals surface area contributed by atoms with Gasteiger partial charge in [0, 0.05) is 5.56 Å². The molecule has 0 radical (unpaired) electrons. The van der Waals surface area contributed by atoms with E-state index in [0.717, 1.165) is 11.1 Å². The summed E-state index contributed by atoms with van der Waals surface area (Å²) < 4.78 is 10.6. The molecule has 3 rings (SSSR count). The van der Waals surface area contributed by atoms with Crippen molar-refractivity contribution in [3.63, 3.8) is 0 Å². The highest BCUT2D eigenvalue weighted by atomic mass is 16.5. The quantitative estimate of drug-likeness (QED) is 0.308. The fraction of sp³-hybridized carbons (Fsp3) is 0.148. The largest absolute Gasteiger partial charge is 0.488 e. The molecule has 1 amide bonds. The molecule has 0 fully saturated rings. The predicted octanol–water partition coefficient (Wildman–Crippen LogP) is 4.84. The Bertz CT molecular complexity index is 1180. The van der Waals surface area contributed by atoms with Gasteiger partial charge in [0.05, 0.1) is 18.7 Å². The zero-order valence-electron chi connectivity index (χ0n) is 18.4. The fourth-order valence-corrected chi connectivity index (χ4v) is 3.15. The second-order valence-electron chi connectivity index (χ2n) is 7.29. The van der Waals surface area contributed by atoms with Gasteiger partial charge in [-0.25, -0.2) is 4.79 Å². The second-order valence-corrected chi connectivity index (χ2v) is 7.29. The van der Waals surface area contributed by atoms with Crippen molar-refractivity contribution in [3.05, 3.63) is 107 Å². The number of carbonyl (C=O) groups excluding carboxylic acids is 2. The smallest absolute Gasteiger partial charge is 0.337 e. The van der Waals surface area contributed by atoms with Crippen molar-refractivity contribution < 1.29 is 19.1 Å². The van der Waals surface area contributed by atoms with Crippen LogP contribution in [0, 0.1) is 11.3 Å². The number of ether oxygens (including phenoxy) is 2. The summed E-state index contributed by atoms with van der Waals surface area (Å²) in [6, 6.07) is 25.4. The third-order valence-electron chi connectivity index (χ3n) is 5.00. The van der Waals surface area contributed by atoms with Crippen molar-refractivity contribution in [2.45, 2.75) is 19.6 Å². The highest BCUT2D eigenvalue weighted by molar-refractivity contribution is 6.02. The van der Waals surface area contributed by atoms with Crippen LogP contribution >= 0.6 is 0 Å². The van der Waals surface area contributed by atoms with Crippen LogP contribution < -0.4 is 10.1 Å². The van der Waals surface area contributed by atoms with Gasteiger partial charge in [-0.05, 0) is 42.3 Å². The number of methoxy groups -OCH3 is 1. The van der Waals surface area contributed by atoms with Crippen LogP contribution in [0.25, 0.3) is 6.08 Å². The molecule has 0 saturated heterocycles. The minimum Gasteiger partial charge on any atom is -0.488 e. The van der Waals surface area contributed by atoms with Crippen LogP contribution in [-0.4, -0.2) is 19.0 Å². The first-order valence-electron chi connectivity index (χ1n) is 10.4. The zero-order chi connectivity index (χ0) is 23.6. The van der Waals surface area contributed by atoms with Crippen molar-refractivity contribution >= 4 is 18.0 Å². The van der Waals surface area contributed by atoms with Gasteiger partial charge < -0.3 is 14.8 Å². The van der Waals surface area contributed by atoms with Gasteiger partial charge in [0.1, 0.15) is 24.0 Å². The number of para-hydroxylation sites is 1. The molecule has 0 heterocycles. The molecule has 3 aromatic carbocycles. The molecule has 0 aliphatic carbocycles. The highest BCUT2D eigenvalue weighted by Crippen LogP contribution is 2.23. The summed E-state index contributed by atoms with van der Waals surface area (Å²) in [6.07, 6.45) is 1.52. The summed E-state index contributed by atoms with van der Waals surface area (Å²) in [5.41, 5.74) is 2.86. The SMILES string of the molecule is COC(=O)c1ccc(COc2ccccc2/C=C(\C#N)C(=O)N[C@H](C)c2ccccc2)cc1. The molecule has 6 heteroatoms. The predicted molar refractivity (Wildman–Crippen MR) is 125 cm³/mol. The third kappa shape index (κ3) is 6.31. The van der Waals surface area contributed by atoms with E-state index in [1.165, 1.54) is 13.2 Å². The Balaban J connectivity index is 1.72. The van der Waals surface area contributed by atoms with E-state index in [2.05, 4.69) is 5.32 Å². The molecule has 1 N–H and O–H groups in total. The van der Waals surface area contributed by atoms with Gasteiger partial charge in [-0.1, -0.05) is 60.7 Å². The molecule has 3 aromatic rings. The van der Waals surface area contributed by atoms with E-state index < -0.39 is 11.9 Å². The van der Waals surface area contributed by atoms with Crippen LogP contribution in [0.5, 0.6) is 5.75 Å². The molecule has 0 aliphatic rings. The Hall–Kier alpha value is -4.37. The van der Waals surface area contributed by atoms with Crippen molar-refractivity contribution in [2.24, 2.45) is 0 Å². The summed E-state index contributed by atoms with van der Waals surface area (Å²) in [4.78, 5) is 24.2. The first kappa shape index (κ1) is 23.3. The number of hydrogen-bond donors (Lipinski definition) is 1. The van der Waals surface area contributed by atoms with Crippen LogP contribution in [0.3, 0.4) is 0 Å². The van der Waals surface area contributed by atoms with E-state index in [4.69, 9.17) is 9.47 Å². The van der Waals surface area contributed by atoms with Gasteiger partial charge >= 0.3 is 5.97 Å². The number of nitrogens with zero attached hydrogens (tertiary/aromatic N) is 1. The monoisotopic (exact) mass is 440 g/mol. The number of hydrogen-bond acceptors (Lipinski definition) is 5. The zero-order valence-corrected chi connectivity index (χ0v) is 18.4. The normalized spacial score (nSPS) is 11.7. The van der Waals surface area contributed by atoms with Gasteiger partial charge in [-0.15, -0.1) is 0 Å². The van der Waals surface area contributed by atoms with Crippen molar-refractivity contribution in [1.29, 1.82) is 5.26 Å². The minimum atomic E-state index is -0.456. The van der Waals surface area contributed by atoms with Crippen LogP contribution in [0.4, 0.5) is 0 Å². The van der Waals surface area contributed by atoms with Crippen LogP contribution in [-0.2, 0) is 16.1 Å². The van der Waals surface area contributed by atoms with Gasteiger partial charge in [0.15, 0.2) is 0 Å². The summed E-state index contributed by atoms with van der Waals surface area (Å²) in [5, 5.41) is 12.4. The standard InChI is InChI=1S/C27H24N2O4/c1-19(21-8-4-3-5-9-21)29-26(30)24(17-28)16-23-10-6-7-11-25(23)33-18-20-12-14-22(15-13-20)27(31)32-2/h3-16,19H,18H2,1-2H3,(H,29,30)/b24-16+/t19-/m1/s1. The van der Waals surface area contributed by atoms with Gasteiger partial charge in [-0.2, -0.15) is 5.26 Å². The maximum absolute atomic E-state index is 12.7. The van der Waals surface area contributed by atoms with E-state index in [1.54, 1.807) is 36.4 Å². The molecule has 0 aliphatic heterocycles. The number of rotatable bonds is 8. The highest BCUT2D eigenvalue weighted by Gasteiger charge is 2.15. The summed E-state index contributed by atoms with van der Waals surface area (Å²) in [6.45, 7) is 2.12. The molecule has 0 aromatic heterocycles. The lowest BCUT2D eigenvalue weighted by Crippen LogP contribution is -2.27. The fourth-order valence-electron chi connectivity index (χ4n) is 3.15. The lowest BCUT2D eigenvalue weighted by Gasteiger charge is -2.14. The van der Waals surface area contributed by atoms with Crippen molar-refractivity contribution in [3.8, 4) is 11.8 Å². The maximum atomic E-state index is 12.7. The van der Waals surface area contributed by atoms with Crippen LogP contribution in [0.2, 0.25) is 0 Å². The second kappa shape index (κ2) is 11.3. The molecular weight excluding hydrogens is 416 g/mol. The van der Waals surface area contributed by atoms with Gasteiger partial charge in [0.2, 0.25) is 0 Å². The van der Waals surface area contributed by atoms with E-state index in [9.17, 15) is 14.9 Å². The van der Waals surface area contributed by atoms with Crippen LogP contribution in [0.1, 0.15) is 40.0 Å². The minimum absolute atomic E-state index is 0.0173. The Labute approximate surface area is 193 Å². The number of esters is 1. The van der Waals surface area contributed by atoms with Crippen LogP contribution in [0.15, 0.2) is 84.4 Å². The molecule has 0 spiro atoms. The Kier molecular flexibility index (Phi) is 7.98. The molecule has 0 saturated carbocycles. The molecular formula is C27H24N2O4. The molecule has 0 unspecified atom stereocenters. The molecule has 6 nitrogen and oxygen atoms in total. The summed E-state index contributed by atoms with van der Waals surface area (Å²) in [7, 11) is 1.34. The average Bonchev–Trinajstić information content (AvgIpc) is 2.86. The third-order valence-corrected chi connectivity index (χ3v) is 5.00. The number of nitriles is 1. The lowest BCUT2D eigenvalue weighted by atomic mass is 10.1. The lowest BCUT2D eigenvalue weighted by molar-refractivity contribution is -0.117. The summed E-state index contributed by atoms with van der Waals surface area (Å²) in [5.74, 6) is -0.324. The number of benzene rings is 3. The first-order valence-corrected chi connectivity index (χ1v) is 10.4. The van der Waals surface area contributed by atoms with Gasteiger partial charge in [0.25, 0.3) is 5.91 Å². The molecule has 1 atom stereocenters. The number of nitrogens with one attached hydrogen (secondary N) is 1. The number of carbonyl (C=O) groups is 2. The molecule has 0 bridgehead atoms. The summed E-state index contributed by atoms with van der Waals surface area (Å²) >= 11 is 0. The molecule has 166 valence electrons. The Morgan fingerprint density at radius 3 is 2.33 bits per heavy atom. The van der Waals surface area contributed by atoms with E-state index in [1.807, 2.05) is 55.5 Å². The van der Waals surface area contributed by atoms with Crippen molar-refractivity contribution in [2.75, 3.05) is 7.11 Å². The van der Waals surface area contributed by atoms with Gasteiger partial charge in [-0.3, -0.25) is 4.79 Å². The first-order chi connectivity index (χ1) is 16.0. The van der Waals surface area contributed by atoms with E-state index in [0.29, 0.717) is 16.9 Å². The maximum Gasteiger partial charge on any atom is 0.337 e. The van der Waals surface area contributed by atoms with E-state index in [-0.39, 0.29) is 18.2 Å². The molecule has 33 heavy (non-hydrogen) atoms. The Morgan fingerprint density at radius 1 is 1.00 bits per heavy atom.